The van der Waals surface area contributed by atoms with Crippen LogP contribution in [0.25, 0.3) is 0 Å². The Labute approximate surface area is 80.5 Å². The van der Waals surface area contributed by atoms with Crippen LogP contribution < -0.4 is 0 Å². The highest BCUT2D eigenvalue weighted by atomic mass is 35.5. The molecular weight excluding hydrogens is 174 g/mol. The smallest absolute Gasteiger partial charge is 0.0558 e. The summed E-state index contributed by atoms with van der Waals surface area (Å²) in [5.41, 5.74) is 0. The fourth-order valence-corrected chi connectivity index (χ4v) is 1.34. The van der Waals surface area contributed by atoms with Crippen molar-refractivity contribution >= 4 is 11.6 Å². The Balaban J connectivity index is 3.61. The first-order valence-corrected chi connectivity index (χ1v) is 5.17. The van der Waals surface area contributed by atoms with E-state index in [9.17, 15) is 0 Å². The second-order valence-electron chi connectivity index (χ2n) is 3.28. The van der Waals surface area contributed by atoms with Gasteiger partial charge in [0.05, 0.1) is 6.61 Å². The van der Waals surface area contributed by atoms with Gasteiger partial charge in [-0.1, -0.05) is 13.8 Å². The van der Waals surface area contributed by atoms with Crippen LogP contribution in [0.2, 0.25) is 0 Å². The molecule has 0 aromatic rings. The molecule has 0 heterocycles. The predicted molar refractivity (Wildman–Crippen MR) is 53.7 cm³/mol. The number of aliphatic hydroxyl groups excluding tert-OH is 1. The number of rotatable bonds is 7. The summed E-state index contributed by atoms with van der Waals surface area (Å²) in [5.74, 6) is 1.22. The maximum atomic E-state index is 8.77. The molecular formula is C9H20ClNO. The lowest BCUT2D eigenvalue weighted by molar-refractivity contribution is 0.182. The van der Waals surface area contributed by atoms with E-state index in [-0.39, 0.29) is 6.61 Å². The fraction of sp³-hybridized carbons (Fsp3) is 1.00. The Morgan fingerprint density at radius 3 is 2.50 bits per heavy atom. The van der Waals surface area contributed by atoms with E-state index in [1.54, 1.807) is 0 Å². The minimum atomic E-state index is 0.245. The van der Waals surface area contributed by atoms with Gasteiger partial charge in [-0.2, -0.15) is 0 Å². The van der Waals surface area contributed by atoms with Crippen LogP contribution in [-0.4, -0.2) is 42.1 Å². The van der Waals surface area contributed by atoms with Gasteiger partial charge in [0.15, 0.2) is 0 Å². The predicted octanol–water partition coefficient (Wildman–Crippen LogP) is 1.57. The van der Waals surface area contributed by atoms with Gasteiger partial charge in [-0.15, -0.1) is 11.6 Å². The highest BCUT2D eigenvalue weighted by Gasteiger charge is 2.07. The molecule has 1 unspecified atom stereocenters. The third-order valence-corrected chi connectivity index (χ3v) is 2.32. The third kappa shape index (κ3) is 5.81. The van der Waals surface area contributed by atoms with Gasteiger partial charge in [0.25, 0.3) is 0 Å². The quantitative estimate of drug-likeness (QED) is 0.621. The number of aliphatic hydroxyl groups is 1. The van der Waals surface area contributed by atoms with E-state index in [1.165, 1.54) is 0 Å². The summed E-state index contributed by atoms with van der Waals surface area (Å²) in [6.07, 6.45) is 1.13. The second-order valence-corrected chi connectivity index (χ2v) is 3.59. The van der Waals surface area contributed by atoms with Crippen LogP contribution >= 0.6 is 11.6 Å². The molecule has 0 amide bonds. The van der Waals surface area contributed by atoms with Crippen LogP contribution in [0.15, 0.2) is 0 Å². The second kappa shape index (κ2) is 7.84. The summed E-state index contributed by atoms with van der Waals surface area (Å²) >= 11 is 5.71. The van der Waals surface area contributed by atoms with E-state index in [0.29, 0.717) is 11.8 Å². The van der Waals surface area contributed by atoms with Crippen molar-refractivity contribution in [1.82, 2.24) is 4.90 Å². The van der Waals surface area contributed by atoms with Crippen LogP contribution in [0.3, 0.4) is 0 Å². The van der Waals surface area contributed by atoms with Gasteiger partial charge < -0.3 is 10.0 Å². The zero-order chi connectivity index (χ0) is 9.40. The van der Waals surface area contributed by atoms with Crippen LogP contribution in [0.1, 0.15) is 20.3 Å². The number of alkyl halides is 1. The minimum absolute atomic E-state index is 0.245. The Morgan fingerprint density at radius 2 is 2.08 bits per heavy atom. The van der Waals surface area contributed by atoms with Gasteiger partial charge in [-0.25, -0.2) is 0 Å². The van der Waals surface area contributed by atoms with Crippen molar-refractivity contribution < 1.29 is 5.11 Å². The third-order valence-electron chi connectivity index (χ3n) is 1.79. The lowest BCUT2D eigenvalue weighted by Crippen LogP contribution is -2.32. The van der Waals surface area contributed by atoms with Gasteiger partial charge >= 0.3 is 0 Å². The van der Waals surface area contributed by atoms with Gasteiger partial charge in [-0.05, 0) is 18.9 Å². The maximum absolute atomic E-state index is 8.77. The summed E-state index contributed by atoms with van der Waals surface area (Å²) in [5, 5.41) is 8.77. The van der Waals surface area contributed by atoms with Crippen LogP contribution in [0, 0.1) is 5.92 Å². The molecule has 1 N–H and O–H groups in total. The first-order chi connectivity index (χ1) is 5.74. The highest BCUT2D eigenvalue weighted by molar-refractivity contribution is 6.18. The first kappa shape index (κ1) is 12.2. The maximum Gasteiger partial charge on any atom is 0.0558 e. The molecule has 0 saturated carbocycles. The average molecular weight is 194 g/mol. The van der Waals surface area contributed by atoms with Crippen molar-refractivity contribution in [3.05, 3.63) is 0 Å². The summed E-state index contributed by atoms with van der Waals surface area (Å²) in [6.45, 7) is 7.35. The van der Waals surface area contributed by atoms with E-state index in [0.717, 1.165) is 26.1 Å². The van der Waals surface area contributed by atoms with Gasteiger partial charge in [0.1, 0.15) is 0 Å². The molecule has 0 saturated heterocycles. The number of hydrogen-bond donors (Lipinski definition) is 1. The van der Waals surface area contributed by atoms with Gasteiger partial charge in [-0.3, -0.25) is 0 Å². The van der Waals surface area contributed by atoms with Crippen LogP contribution in [0.5, 0.6) is 0 Å². The number of halogens is 1. The SMILES string of the molecule is CCCN(CCO)CC(C)CCl. The monoisotopic (exact) mass is 193 g/mol. The van der Waals surface area contributed by atoms with E-state index < -0.39 is 0 Å². The van der Waals surface area contributed by atoms with E-state index in [1.807, 2.05) is 0 Å². The molecule has 12 heavy (non-hydrogen) atoms. The topological polar surface area (TPSA) is 23.5 Å². The Bertz CT molecular complexity index is 94.5. The van der Waals surface area contributed by atoms with Crippen molar-refractivity contribution in [2.45, 2.75) is 20.3 Å². The molecule has 0 aliphatic heterocycles. The molecule has 0 radical (unpaired) electrons. The lowest BCUT2D eigenvalue weighted by atomic mass is 10.2. The first-order valence-electron chi connectivity index (χ1n) is 4.63. The molecule has 0 aliphatic rings. The fourth-order valence-electron chi connectivity index (χ4n) is 1.24. The Morgan fingerprint density at radius 1 is 1.42 bits per heavy atom. The lowest BCUT2D eigenvalue weighted by Gasteiger charge is -2.23. The summed E-state index contributed by atoms with van der Waals surface area (Å²) < 4.78 is 0. The van der Waals surface area contributed by atoms with Crippen LogP contribution in [0.4, 0.5) is 0 Å². The molecule has 0 rings (SSSR count). The standard InChI is InChI=1S/C9H20ClNO/c1-3-4-11(5-6-12)8-9(2)7-10/h9,12H,3-8H2,1-2H3. The molecule has 0 aromatic carbocycles. The minimum Gasteiger partial charge on any atom is -0.395 e. The molecule has 74 valence electrons. The number of nitrogens with zero attached hydrogens (tertiary/aromatic N) is 1. The summed E-state index contributed by atoms with van der Waals surface area (Å²) in [7, 11) is 0. The molecule has 0 spiro atoms. The zero-order valence-corrected chi connectivity index (χ0v) is 8.85. The van der Waals surface area contributed by atoms with Gasteiger partial charge in [0, 0.05) is 19.0 Å². The van der Waals surface area contributed by atoms with Crippen molar-refractivity contribution in [3.8, 4) is 0 Å². The Kier molecular flexibility index (Phi) is 7.98. The van der Waals surface area contributed by atoms with Gasteiger partial charge in [0.2, 0.25) is 0 Å². The molecule has 0 bridgehead atoms. The Hall–Kier alpha value is 0.210. The molecule has 0 fully saturated rings. The highest BCUT2D eigenvalue weighted by Crippen LogP contribution is 2.02. The zero-order valence-electron chi connectivity index (χ0n) is 8.09. The summed E-state index contributed by atoms with van der Waals surface area (Å²) in [4.78, 5) is 2.26. The molecule has 2 nitrogen and oxygen atoms in total. The van der Waals surface area contributed by atoms with E-state index in [4.69, 9.17) is 16.7 Å². The molecule has 0 aliphatic carbocycles. The van der Waals surface area contributed by atoms with E-state index in [2.05, 4.69) is 18.7 Å². The molecule has 1 atom stereocenters. The van der Waals surface area contributed by atoms with Crippen molar-refractivity contribution in [3.63, 3.8) is 0 Å². The molecule has 0 aromatic heterocycles. The van der Waals surface area contributed by atoms with Crippen LogP contribution in [-0.2, 0) is 0 Å². The van der Waals surface area contributed by atoms with Crippen molar-refractivity contribution in [1.29, 1.82) is 0 Å². The average Bonchev–Trinajstić information content (AvgIpc) is 2.05. The van der Waals surface area contributed by atoms with E-state index >= 15 is 0 Å². The number of hydrogen-bond acceptors (Lipinski definition) is 2. The largest absolute Gasteiger partial charge is 0.395 e. The summed E-state index contributed by atoms with van der Waals surface area (Å²) in [6, 6.07) is 0. The van der Waals surface area contributed by atoms with Crippen molar-refractivity contribution in [2.75, 3.05) is 32.1 Å². The van der Waals surface area contributed by atoms with Crippen molar-refractivity contribution in [2.24, 2.45) is 5.92 Å². The normalized spacial score (nSPS) is 13.8. The molecule has 3 heteroatoms.